The lowest BCUT2D eigenvalue weighted by atomic mass is 10.0. The molecule has 212 valence electrons. The molecule has 0 radical (unpaired) electrons. The number of aryl methyl sites for hydroxylation is 1. The molecular weight excluding hydrogens is 541 g/mol. The summed E-state index contributed by atoms with van der Waals surface area (Å²) in [6, 6.07) is 28.5. The summed E-state index contributed by atoms with van der Waals surface area (Å²) < 4.78 is 42.4. The van der Waals surface area contributed by atoms with E-state index < -0.39 is 34.3 Å². The quantitative estimate of drug-likeness (QED) is 0.282. The average molecular weight is 574 g/mol. The number of halogens is 1. The number of hydrogen-bond donors (Lipinski definition) is 1. The largest absolute Gasteiger partial charge is 0.357 e. The van der Waals surface area contributed by atoms with Crippen LogP contribution in [0.5, 0.6) is 0 Å². The van der Waals surface area contributed by atoms with Crippen LogP contribution >= 0.6 is 0 Å². The van der Waals surface area contributed by atoms with Gasteiger partial charge >= 0.3 is 0 Å². The SMILES string of the molecule is CNC(=O)[C@@H](Cc1ccccc1)N(Cc1ccccc1C)C(=O)CN(c1ccc(F)cc1)S(=O)(=O)c1ccccc1. The first-order valence-corrected chi connectivity index (χ1v) is 14.6. The van der Waals surface area contributed by atoms with Crippen LogP contribution in [0.1, 0.15) is 16.7 Å². The zero-order valence-electron chi connectivity index (χ0n) is 22.9. The van der Waals surface area contributed by atoms with Crippen LogP contribution in [0.15, 0.2) is 114 Å². The molecule has 0 aliphatic rings. The predicted molar refractivity (Wildman–Crippen MR) is 157 cm³/mol. The summed E-state index contributed by atoms with van der Waals surface area (Å²) in [6.45, 7) is 1.39. The van der Waals surface area contributed by atoms with Gasteiger partial charge in [0.25, 0.3) is 10.0 Å². The van der Waals surface area contributed by atoms with Crippen molar-refractivity contribution in [1.82, 2.24) is 10.2 Å². The first-order chi connectivity index (χ1) is 19.7. The third kappa shape index (κ3) is 7.18. The van der Waals surface area contributed by atoms with Crippen molar-refractivity contribution < 1.29 is 22.4 Å². The van der Waals surface area contributed by atoms with Crippen molar-refractivity contribution >= 4 is 27.5 Å². The number of nitrogens with one attached hydrogen (secondary N) is 1. The van der Waals surface area contributed by atoms with Crippen LogP contribution in [0.25, 0.3) is 0 Å². The van der Waals surface area contributed by atoms with Crippen molar-refractivity contribution in [2.24, 2.45) is 0 Å². The molecule has 0 saturated carbocycles. The van der Waals surface area contributed by atoms with E-state index in [1.807, 2.05) is 61.5 Å². The van der Waals surface area contributed by atoms with Gasteiger partial charge < -0.3 is 10.2 Å². The van der Waals surface area contributed by atoms with Gasteiger partial charge in [-0.1, -0.05) is 72.8 Å². The molecule has 7 nitrogen and oxygen atoms in total. The van der Waals surface area contributed by atoms with Crippen molar-refractivity contribution in [3.8, 4) is 0 Å². The van der Waals surface area contributed by atoms with E-state index in [9.17, 15) is 22.4 Å². The fraction of sp³-hybridized carbons (Fsp3) is 0.188. The monoisotopic (exact) mass is 573 g/mol. The Morgan fingerprint density at radius 1 is 0.829 bits per heavy atom. The van der Waals surface area contributed by atoms with Gasteiger partial charge in [-0.3, -0.25) is 13.9 Å². The minimum Gasteiger partial charge on any atom is -0.357 e. The highest BCUT2D eigenvalue weighted by Crippen LogP contribution is 2.25. The highest BCUT2D eigenvalue weighted by Gasteiger charge is 2.34. The third-order valence-corrected chi connectivity index (χ3v) is 8.63. The first-order valence-electron chi connectivity index (χ1n) is 13.1. The Bertz CT molecular complexity index is 1580. The molecule has 41 heavy (non-hydrogen) atoms. The van der Waals surface area contributed by atoms with E-state index in [0.29, 0.717) is 0 Å². The Hall–Kier alpha value is -4.50. The number of hydrogen-bond acceptors (Lipinski definition) is 4. The Morgan fingerprint density at radius 2 is 1.41 bits per heavy atom. The van der Waals surface area contributed by atoms with Gasteiger partial charge in [-0.15, -0.1) is 0 Å². The Balaban J connectivity index is 1.78. The number of sulfonamides is 1. The molecule has 1 atom stereocenters. The lowest BCUT2D eigenvalue weighted by Crippen LogP contribution is -2.53. The number of carbonyl (C=O) groups excluding carboxylic acids is 2. The number of amides is 2. The van der Waals surface area contributed by atoms with Gasteiger partial charge in [0, 0.05) is 20.0 Å². The van der Waals surface area contributed by atoms with Crippen LogP contribution in [-0.4, -0.2) is 44.8 Å². The minimum atomic E-state index is -4.22. The van der Waals surface area contributed by atoms with Crippen molar-refractivity contribution in [2.75, 3.05) is 17.9 Å². The average Bonchev–Trinajstić information content (AvgIpc) is 2.99. The van der Waals surface area contributed by atoms with E-state index >= 15 is 0 Å². The molecule has 0 fully saturated rings. The predicted octanol–water partition coefficient (Wildman–Crippen LogP) is 4.72. The molecule has 0 aliphatic carbocycles. The fourth-order valence-corrected chi connectivity index (χ4v) is 5.98. The van der Waals surface area contributed by atoms with E-state index in [0.717, 1.165) is 33.1 Å². The smallest absolute Gasteiger partial charge is 0.264 e. The number of nitrogens with zero attached hydrogens (tertiary/aromatic N) is 2. The molecule has 0 unspecified atom stereocenters. The normalized spacial score (nSPS) is 11.9. The number of likely N-dealkylation sites (N-methyl/N-ethyl adjacent to an activating group) is 1. The summed E-state index contributed by atoms with van der Waals surface area (Å²) in [4.78, 5) is 28.9. The van der Waals surface area contributed by atoms with E-state index in [-0.39, 0.29) is 29.5 Å². The summed E-state index contributed by atoms with van der Waals surface area (Å²) in [6.07, 6.45) is 0.222. The van der Waals surface area contributed by atoms with Gasteiger partial charge in [0.2, 0.25) is 11.8 Å². The lowest BCUT2D eigenvalue weighted by molar-refractivity contribution is -0.139. The van der Waals surface area contributed by atoms with Crippen LogP contribution in [0.3, 0.4) is 0 Å². The summed E-state index contributed by atoms with van der Waals surface area (Å²) in [5, 5.41) is 2.66. The highest BCUT2D eigenvalue weighted by molar-refractivity contribution is 7.92. The molecule has 4 rings (SSSR count). The van der Waals surface area contributed by atoms with Gasteiger partial charge in [0.15, 0.2) is 0 Å². The van der Waals surface area contributed by atoms with Crippen molar-refractivity contribution in [3.05, 3.63) is 132 Å². The van der Waals surface area contributed by atoms with Crippen molar-refractivity contribution in [2.45, 2.75) is 30.8 Å². The molecule has 0 aliphatic heterocycles. The summed E-state index contributed by atoms with van der Waals surface area (Å²) in [7, 11) is -2.72. The Labute approximate surface area is 240 Å². The summed E-state index contributed by atoms with van der Waals surface area (Å²) >= 11 is 0. The molecule has 0 bridgehead atoms. The Kier molecular flexibility index (Phi) is 9.52. The third-order valence-electron chi connectivity index (χ3n) is 6.84. The second-order valence-corrected chi connectivity index (χ2v) is 11.4. The van der Waals surface area contributed by atoms with Gasteiger partial charge in [-0.2, -0.15) is 0 Å². The molecule has 4 aromatic rings. The topological polar surface area (TPSA) is 86.8 Å². The standard InChI is InChI=1S/C32H32FN3O4S/c1-24-11-9-10-14-26(24)22-35(30(32(38)34-2)21-25-12-5-3-6-13-25)31(37)23-36(28-19-17-27(33)18-20-28)41(39,40)29-15-7-4-8-16-29/h3-20,30H,21-23H2,1-2H3,(H,34,38)/t30-/m1/s1. The van der Waals surface area contributed by atoms with Gasteiger partial charge in [-0.05, 0) is 60.0 Å². The van der Waals surface area contributed by atoms with E-state index in [1.54, 1.807) is 18.2 Å². The van der Waals surface area contributed by atoms with Crippen LogP contribution in [0.2, 0.25) is 0 Å². The van der Waals surface area contributed by atoms with Crippen LogP contribution in [0.4, 0.5) is 10.1 Å². The molecule has 0 heterocycles. The van der Waals surface area contributed by atoms with Gasteiger partial charge in [-0.25, -0.2) is 12.8 Å². The molecule has 0 aromatic heterocycles. The zero-order valence-corrected chi connectivity index (χ0v) is 23.7. The van der Waals surface area contributed by atoms with Gasteiger partial charge in [0.1, 0.15) is 18.4 Å². The molecule has 2 amide bonds. The molecule has 0 saturated heterocycles. The summed E-state index contributed by atoms with van der Waals surface area (Å²) in [5.74, 6) is -1.50. The summed E-state index contributed by atoms with van der Waals surface area (Å²) in [5.41, 5.74) is 2.71. The Morgan fingerprint density at radius 3 is 2.02 bits per heavy atom. The van der Waals surface area contributed by atoms with E-state index in [2.05, 4.69) is 5.32 Å². The number of rotatable bonds is 11. The van der Waals surface area contributed by atoms with Crippen LogP contribution in [0, 0.1) is 12.7 Å². The lowest BCUT2D eigenvalue weighted by Gasteiger charge is -2.34. The van der Waals surface area contributed by atoms with E-state index in [4.69, 9.17) is 0 Å². The zero-order chi connectivity index (χ0) is 29.4. The molecule has 0 spiro atoms. The minimum absolute atomic E-state index is 0.0188. The van der Waals surface area contributed by atoms with E-state index in [1.165, 1.54) is 36.2 Å². The highest BCUT2D eigenvalue weighted by atomic mass is 32.2. The maximum atomic E-state index is 14.2. The number of carbonyl (C=O) groups is 2. The first kappa shape index (κ1) is 29.5. The fourth-order valence-electron chi connectivity index (χ4n) is 4.55. The number of benzene rings is 4. The molecule has 1 N–H and O–H groups in total. The molecular formula is C32H32FN3O4S. The van der Waals surface area contributed by atoms with Gasteiger partial charge in [0.05, 0.1) is 10.6 Å². The molecule has 9 heteroatoms. The maximum Gasteiger partial charge on any atom is 0.264 e. The second kappa shape index (κ2) is 13.2. The van der Waals surface area contributed by atoms with Crippen LogP contribution < -0.4 is 9.62 Å². The number of anilines is 1. The van der Waals surface area contributed by atoms with Crippen molar-refractivity contribution in [1.29, 1.82) is 0 Å². The molecule has 4 aromatic carbocycles. The maximum absolute atomic E-state index is 14.2. The van der Waals surface area contributed by atoms with Crippen molar-refractivity contribution in [3.63, 3.8) is 0 Å². The second-order valence-electron chi connectivity index (χ2n) is 9.57. The van der Waals surface area contributed by atoms with Crippen LogP contribution in [-0.2, 0) is 32.6 Å².